The Hall–Kier alpha value is -3.85. The predicted octanol–water partition coefficient (Wildman–Crippen LogP) is 4.85. The Labute approximate surface area is 220 Å². The van der Waals surface area contributed by atoms with Crippen LogP contribution in [0.3, 0.4) is 0 Å². The van der Waals surface area contributed by atoms with Gasteiger partial charge < -0.3 is 24.8 Å². The number of benzene rings is 2. The zero-order chi connectivity index (χ0) is 26.2. The second-order valence-electron chi connectivity index (χ2n) is 8.64. The minimum Gasteiger partial charge on any atom is -0.490 e. The van der Waals surface area contributed by atoms with Gasteiger partial charge in [0.25, 0.3) is 0 Å². The number of halogens is 1. The number of carbonyl (C=O) groups is 2. The van der Waals surface area contributed by atoms with E-state index in [4.69, 9.17) is 26.2 Å². The highest BCUT2D eigenvalue weighted by Gasteiger charge is 2.24. The van der Waals surface area contributed by atoms with Crippen LogP contribution >= 0.6 is 11.6 Å². The summed E-state index contributed by atoms with van der Waals surface area (Å²) >= 11 is 6.02. The van der Waals surface area contributed by atoms with Crippen molar-refractivity contribution in [2.45, 2.75) is 38.7 Å². The Morgan fingerprint density at radius 2 is 2.00 bits per heavy atom. The number of aromatic carboxylic acids is 1. The van der Waals surface area contributed by atoms with Crippen LogP contribution in [0.2, 0.25) is 5.02 Å². The van der Waals surface area contributed by atoms with Gasteiger partial charge in [-0.3, -0.25) is 9.78 Å². The molecule has 1 aliphatic rings. The maximum Gasteiger partial charge on any atom is 0.337 e. The van der Waals surface area contributed by atoms with E-state index in [0.717, 1.165) is 36.4 Å². The Morgan fingerprint density at radius 1 is 1.19 bits per heavy atom. The predicted molar refractivity (Wildman–Crippen MR) is 141 cm³/mol. The number of hydrogen-bond donors (Lipinski definition) is 2. The molecule has 0 spiro atoms. The number of aromatic nitrogens is 2. The van der Waals surface area contributed by atoms with Crippen LogP contribution in [0.5, 0.6) is 11.5 Å². The molecule has 10 heteroatoms. The molecular weight excluding hydrogens is 496 g/mol. The van der Waals surface area contributed by atoms with Gasteiger partial charge in [0.05, 0.1) is 36.1 Å². The standard InChI is InChI=1S/C27H29ClN4O5/c1-2-36-22-7-3-4-8-23(22)37-19-6-5-13-32(17-19)25-16-29-15-24(30-25)31-26(33)12-10-18-9-11-20(27(34)35)21(28)14-18/h3-4,7-9,11,14-16,19H,2,5-6,10,12-13,17H2,1H3,(H,34,35)(H,30,31,33)/t19-/m1/s1. The van der Waals surface area contributed by atoms with Crippen LogP contribution in [0, 0.1) is 0 Å². The lowest BCUT2D eigenvalue weighted by molar-refractivity contribution is -0.116. The van der Waals surface area contributed by atoms with Gasteiger partial charge in [0.15, 0.2) is 17.3 Å². The molecule has 37 heavy (non-hydrogen) atoms. The van der Waals surface area contributed by atoms with Crippen molar-refractivity contribution in [1.82, 2.24) is 9.97 Å². The van der Waals surface area contributed by atoms with E-state index in [0.29, 0.717) is 31.2 Å². The second kappa shape index (κ2) is 12.4. The van der Waals surface area contributed by atoms with Crippen LogP contribution < -0.4 is 19.7 Å². The molecule has 1 aliphatic heterocycles. The zero-order valence-electron chi connectivity index (χ0n) is 20.5. The Morgan fingerprint density at radius 3 is 2.76 bits per heavy atom. The minimum absolute atomic E-state index is 0.0326. The second-order valence-corrected chi connectivity index (χ2v) is 9.05. The van der Waals surface area contributed by atoms with Crippen LogP contribution in [0.4, 0.5) is 11.6 Å². The van der Waals surface area contributed by atoms with Crippen molar-refractivity contribution in [2.75, 3.05) is 29.9 Å². The maximum atomic E-state index is 12.5. The van der Waals surface area contributed by atoms with E-state index >= 15 is 0 Å². The first-order valence-corrected chi connectivity index (χ1v) is 12.6. The summed E-state index contributed by atoms with van der Waals surface area (Å²) in [5.74, 6) is 1.17. The third-order valence-corrected chi connectivity index (χ3v) is 6.25. The SMILES string of the molecule is CCOc1ccccc1O[C@@H]1CCCN(c2cncc(NC(=O)CCc3ccc(C(=O)O)c(Cl)c3)n2)C1. The van der Waals surface area contributed by atoms with Crippen LogP contribution in [0.1, 0.15) is 42.1 Å². The molecule has 4 rings (SSSR count). The number of carboxylic acid groups (broad SMARTS) is 1. The number of carbonyl (C=O) groups excluding carboxylic acids is 1. The number of aryl methyl sites for hydroxylation is 1. The molecule has 1 aromatic heterocycles. The van der Waals surface area contributed by atoms with Gasteiger partial charge >= 0.3 is 5.97 Å². The molecule has 1 atom stereocenters. The van der Waals surface area contributed by atoms with Crippen molar-refractivity contribution < 1.29 is 24.2 Å². The summed E-state index contributed by atoms with van der Waals surface area (Å²) in [6, 6.07) is 12.3. The first-order valence-electron chi connectivity index (χ1n) is 12.2. The number of piperidine rings is 1. The number of para-hydroxylation sites is 2. The fourth-order valence-electron chi connectivity index (χ4n) is 4.16. The molecule has 1 fully saturated rings. The summed E-state index contributed by atoms with van der Waals surface area (Å²) < 4.78 is 11.9. The normalized spacial score (nSPS) is 15.2. The number of amides is 1. The fraction of sp³-hybridized carbons (Fsp3) is 0.333. The van der Waals surface area contributed by atoms with Gasteiger partial charge in [-0.05, 0) is 56.0 Å². The van der Waals surface area contributed by atoms with Gasteiger partial charge in [0, 0.05) is 13.0 Å². The molecule has 1 amide bonds. The molecule has 0 bridgehead atoms. The molecule has 0 unspecified atom stereocenters. The Balaban J connectivity index is 1.34. The van der Waals surface area contributed by atoms with Crippen LogP contribution in [0.15, 0.2) is 54.9 Å². The molecule has 9 nitrogen and oxygen atoms in total. The summed E-state index contributed by atoms with van der Waals surface area (Å²) in [5, 5.41) is 12.0. The summed E-state index contributed by atoms with van der Waals surface area (Å²) in [5.41, 5.74) is 0.807. The number of carboxylic acids is 1. The zero-order valence-corrected chi connectivity index (χ0v) is 21.3. The van der Waals surface area contributed by atoms with Crippen LogP contribution in [0.25, 0.3) is 0 Å². The molecule has 2 aromatic carbocycles. The van der Waals surface area contributed by atoms with Crippen molar-refractivity contribution in [2.24, 2.45) is 0 Å². The molecule has 2 heterocycles. The van der Waals surface area contributed by atoms with Gasteiger partial charge in [0.1, 0.15) is 11.9 Å². The Kier molecular flexibility index (Phi) is 8.79. The van der Waals surface area contributed by atoms with Gasteiger partial charge in [0.2, 0.25) is 5.91 Å². The van der Waals surface area contributed by atoms with E-state index in [1.165, 1.54) is 12.3 Å². The molecule has 194 valence electrons. The fourth-order valence-corrected chi connectivity index (χ4v) is 4.45. The van der Waals surface area contributed by atoms with Crippen molar-refractivity contribution in [3.05, 3.63) is 71.0 Å². The van der Waals surface area contributed by atoms with E-state index in [2.05, 4.69) is 20.2 Å². The van der Waals surface area contributed by atoms with Crippen molar-refractivity contribution in [3.8, 4) is 11.5 Å². The van der Waals surface area contributed by atoms with Gasteiger partial charge in [-0.15, -0.1) is 0 Å². The van der Waals surface area contributed by atoms with E-state index in [-0.39, 0.29) is 29.0 Å². The highest BCUT2D eigenvalue weighted by atomic mass is 35.5. The summed E-state index contributed by atoms with van der Waals surface area (Å²) in [4.78, 5) is 34.6. The third kappa shape index (κ3) is 7.10. The number of anilines is 2. The maximum absolute atomic E-state index is 12.5. The molecule has 0 aliphatic carbocycles. The lowest BCUT2D eigenvalue weighted by Crippen LogP contribution is -2.41. The highest BCUT2D eigenvalue weighted by molar-refractivity contribution is 6.33. The van der Waals surface area contributed by atoms with Gasteiger partial charge in [-0.25, -0.2) is 9.78 Å². The smallest absolute Gasteiger partial charge is 0.337 e. The molecular formula is C27H29ClN4O5. The van der Waals surface area contributed by atoms with Crippen LogP contribution in [-0.2, 0) is 11.2 Å². The van der Waals surface area contributed by atoms with Crippen molar-refractivity contribution >= 4 is 35.1 Å². The topological polar surface area (TPSA) is 114 Å². The van der Waals surface area contributed by atoms with Crippen LogP contribution in [-0.4, -0.2) is 52.8 Å². The lowest BCUT2D eigenvalue weighted by atomic mass is 10.1. The first kappa shape index (κ1) is 26.2. The minimum atomic E-state index is -1.09. The van der Waals surface area contributed by atoms with Gasteiger partial charge in [-0.2, -0.15) is 0 Å². The van der Waals surface area contributed by atoms with E-state index in [9.17, 15) is 9.59 Å². The number of nitrogens with one attached hydrogen (secondary N) is 1. The summed E-state index contributed by atoms with van der Waals surface area (Å²) in [6.07, 6.45) is 5.60. The highest BCUT2D eigenvalue weighted by Crippen LogP contribution is 2.30. The number of ether oxygens (including phenoxy) is 2. The monoisotopic (exact) mass is 524 g/mol. The quantitative estimate of drug-likeness (QED) is 0.387. The number of hydrogen-bond acceptors (Lipinski definition) is 7. The molecule has 0 saturated carbocycles. The van der Waals surface area contributed by atoms with E-state index < -0.39 is 5.97 Å². The summed E-state index contributed by atoms with van der Waals surface area (Å²) in [6.45, 7) is 3.96. The first-order chi connectivity index (χ1) is 17.9. The average molecular weight is 525 g/mol. The molecule has 2 N–H and O–H groups in total. The molecule has 0 radical (unpaired) electrons. The molecule has 1 saturated heterocycles. The Bertz CT molecular complexity index is 1250. The molecule has 3 aromatic rings. The van der Waals surface area contributed by atoms with E-state index in [1.807, 2.05) is 31.2 Å². The number of rotatable bonds is 10. The van der Waals surface area contributed by atoms with Crippen molar-refractivity contribution in [3.63, 3.8) is 0 Å². The van der Waals surface area contributed by atoms with Crippen molar-refractivity contribution in [1.29, 1.82) is 0 Å². The third-order valence-electron chi connectivity index (χ3n) is 5.94. The summed E-state index contributed by atoms with van der Waals surface area (Å²) in [7, 11) is 0. The van der Waals surface area contributed by atoms with E-state index in [1.54, 1.807) is 18.3 Å². The average Bonchev–Trinajstić information content (AvgIpc) is 2.89. The number of nitrogens with zero attached hydrogens (tertiary/aromatic N) is 3. The largest absolute Gasteiger partial charge is 0.490 e. The lowest BCUT2D eigenvalue weighted by Gasteiger charge is -2.33. The van der Waals surface area contributed by atoms with Gasteiger partial charge in [-0.1, -0.05) is 29.8 Å².